The molecule has 7 unspecified atom stereocenters. The molecule has 0 spiro atoms. The standard InChI is InChI=1S/C57H111NO8/c1-3-5-7-9-11-13-15-17-19-21-23-24-25-26-27-29-31-33-35-37-39-41-43-45-47-53(61)58-50(49-65-57-56(64)55(63)54(62)52(48-59)66-57)51(60)46-44-42-40-38-36-34-32-30-28-22-20-18-16-14-12-10-8-6-4-2/h44,46,50-52,54-57,59-60,62-64H,3-43,45,47-49H2,1-2H3,(H,58,61)/b46-44+. The van der Waals surface area contributed by atoms with E-state index >= 15 is 0 Å². The van der Waals surface area contributed by atoms with Crippen LogP contribution in [-0.4, -0.2) is 87.5 Å². The minimum Gasteiger partial charge on any atom is -0.394 e. The Bertz CT molecular complexity index is 1040. The van der Waals surface area contributed by atoms with Gasteiger partial charge < -0.3 is 40.3 Å². The van der Waals surface area contributed by atoms with Crippen LogP contribution in [0.2, 0.25) is 0 Å². The summed E-state index contributed by atoms with van der Waals surface area (Å²) in [5.74, 6) is -0.170. The number of rotatable bonds is 50. The van der Waals surface area contributed by atoms with Gasteiger partial charge in [-0.05, 0) is 19.3 Å². The first-order chi connectivity index (χ1) is 32.3. The van der Waals surface area contributed by atoms with Crippen molar-refractivity contribution in [2.45, 2.75) is 333 Å². The van der Waals surface area contributed by atoms with Crippen molar-refractivity contribution >= 4 is 5.91 Å². The molecule has 0 saturated carbocycles. The third kappa shape index (κ3) is 36.9. The molecule has 9 nitrogen and oxygen atoms in total. The number of carbonyl (C=O) groups excluding carboxylic acids is 1. The van der Waals surface area contributed by atoms with Crippen molar-refractivity contribution in [3.63, 3.8) is 0 Å². The minimum absolute atomic E-state index is 0.170. The van der Waals surface area contributed by atoms with E-state index in [1.54, 1.807) is 6.08 Å². The van der Waals surface area contributed by atoms with Crippen molar-refractivity contribution in [1.29, 1.82) is 0 Å². The van der Waals surface area contributed by atoms with E-state index in [0.29, 0.717) is 6.42 Å². The van der Waals surface area contributed by atoms with Crippen LogP contribution in [0.15, 0.2) is 12.2 Å². The Morgan fingerprint density at radius 2 is 0.833 bits per heavy atom. The molecule has 0 bridgehead atoms. The van der Waals surface area contributed by atoms with Gasteiger partial charge in [0.1, 0.15) is 24.4 Å². The van der Waals surface area contributed by atoms with Gasteiger partial charge in [0.2, 0.25) is 5.91 Å². The predicted octanol–water partition coefficient (Wildman–Crippen LogP) is 14.0. The van der Waals surface area contributed by atoms with Crippen molar-refractivity contribution < 1.29 is 39.8 Å². The smallest absolute Gasteiger partial charge is 0.220 e. The van der Waals surface area contributed by atoms with Gasteiger partial charge in [-0.2, -0.15) is 0 Å². The van der Waals surface area contributed by atoms with E-state index in [4.69, 9.17) is 9.47 Å². The monoisotopic (exact) mass is 938 g/mol. The van der Waals surface area contributed by atoms with Crippen molar-refractivity contribution in [3.05, 3.63) is 12.2 Å². The number of hydrogen-bond acceptors (Lipinski definition) is 8. The van der Waals surface area contributed by atoms with Gasteiger partial charge in [0.15, 0.2) is 6.29 Å². The number of carbonyl (C=O) groups is 1. The number of ether oxygens (including phenoxy) is 2. The van der Waals surface area contributed by atoms with Crippen LogP contribution in [0.1, 0.15) is 290 Å². The molecule has 0 aliphatic carbocycles. The Morgan fingerprint density at radius 1 is 0.500 bits per heavy atom. The van der Waals surface area contributed by atoms with E-state index in [0.717, 1.165) is 38.5 Å². The SMILES string of the molecule is CCCCCCCCCCCCCCCCCCC/C=C/C(O)C(COC1OC(CO)C(O)C(O)C1O)NC(=O)CCCCCCCCCCCCCCCCCCCCCCCCCC. The average molecular weight is 939 g/mol. The number of unbranched alkanes of at least 4 members (excludes halogenated alkanes) is 40. The number of aliphatic hydroxyl groups is 5. The van der Waals surface area contributed by atoms with Gasteiger partial charge >= 0.3 is 0 Å². The molecule has 1 saturated heterocycles. The predicted molar refractivity (Wildman–Crippen MR) is 277 cm³/mol. The molecule has 1 fully saturated rings. The van der Waals surface area contributed by atoms with Crippen LogP contribution in [0, 0.1) is 0 Å². The van der Waals surface area contributed by atoms with Gasteiger partial charge in [-0.15, -0.1) is 0 Å². The quantitative estimate of drug-likeness (QED) is 0.0261. The largest absolute Gasteiger partial charge is 0.394 e. The van der Waals surface area contributed by atoms with Gasteiger partial charge in [0, 0.05) is 6.42 Å². The normalized spacial score (nSPS) is 19.8. The lowest BCUT2D eigenvalue weighted by atomic mass is 9.99. The van der Waals surface area contributed by atoms with E-state index in [-0.39, 0.29) is 12.5 Å². The fourth-order valence-electron chi connectivity index (χ4n) is 9.51. The highest BCUT2D eigenvalue weighted by molar-refractivity contribution is 5.76. The maximum absolute atomic E-state index is 13.1. The molecule has 0 aromatic heterocycles. The van der Waals surface area contributed by atoms with Crippen LogP contribution in [0.5, 0.6) is 0 Å². The highest BCUT2D eigenvalue weighted by Gasteiger charge is 2.44. The molecule has 66 heavy (non-hydrogen) atoms. The molecule has 1 heterocycles. The first-order valence-corrected chi connectivity index (χ1v) is 28.9. The molecule has 1 rings (SSSR count). The second kappa shape index (κ2) is 47.6. The first kappa shape index (κ1) is 62.9. The Morgan fingerprint density at radius 3 is 1.18 bits per heavy atom. The maximum Gasteiger partial charge on any atom is 0.220 e. The van der Waals surface area contributed by atoms with Crippen molar-refractivity contribution in [3.8, 4) is 0 Å². The van der Waals surface area contributed by atoms with Gasteiger partial charge in [-0.25, -0.2) is 0 Å². The van der Waals surface area contributed by atoms with E-state index in [2.05, 4.69) is 19.2 Å². The summed E-state index contributed by atoms with van der Waals surface area (Å²) >= 11 is 0. The van der Waals surface area contributed by atoms with E-state index < -0.39 is 49.5 Å². The lowest BCUT2D eigenvalue weighted by Crippen LogP contribution is -2.60. The van der Waals surface area contributed by atoms with Crippen LogP contribution in [0.3, 0.4) is 0 Å². The Labute approximate surface area is 407 Å². The number of amides is 1. The lowest BCUT2D eigenvalue weighted by Gasteiger charge is -2.40. The number of allylic oxidation sites excluding steroid dienone is 1. The molecule has 7 atom stereocenters. The zero-order chi connectivity index (χ0) is 48.0. The number of nitrogens with one attached hydrogen (secondary N) is 1. The summed E-state index contributed by atoms with van der Waals surface area (Å²) in [6.45, 7) is 3.82. The molecule has 0 radical (unpaired) electrons. The van der Waals surface area contributed by atoms with E-state index in [1.165, 1.54) is 231 Å². The Kier molecular flexibility index (Phi) is 45.4. The second-order valence-corrected chi connectivity index (χ2v) is 20.5. The van der Waals surface area contributed by atoms with Crippen LogP contribution < -0.4 is 5.32 Å². The molecule has 392 valence electrons. The number of aliphatic hydroxyl groups excluding tert-OH is 5. The van der Waals surface area contributed by atoms with Crippen LogP contribution in [0.25, 0.3) is 0 Å². The summed E-state index contributed by atoms with van der Waals surface area (Å²) in [5.41, 5.74) is 0. The zero-order valence-corrected chi connectivity index (χ0v) is 43.5. The van der Waals surface area contributed by atoms with E-state index in [1.807, 2.05) is 6.08 Å². The van der Waals surface area contributed by atoms with Crippen molar-refractivity contribution in [2.24, 2.45) is 0 Å². The summed E-state index contributed by atoms with van der Waals surface area (Å²) in [7, 11) is 0. The molecular weight excluding hydrogens is 827 g/mol. The highest BCUT2D eigenvalue weighted by Crippen LogP contribution is 2.23. The van der Waals surface area contributed by atoms with Crippen molar-refractivity contribution in [2.75, 3.05) is 13.2 Å². The van der Waals surface area contributed by atoms with Gasteiger partial charge in [-0.1, -0.05) is 276 Å². The molecule has 0 aromatic rings. The summed E-state index contributed by atoms with van der Waals surface area (Å²) < 4.78 is 11.3. The second-order valence-electron chi connectivity index (χ2n) is 20.5. The number of hydrogen-bond donors (Lipinski definition) is 6. The Hall–Kier alpha value is -1.07. The Balaban J connectivity index is 2.21. The van der Waals surface area contributed by atoms with E-state index in [9.17, 15) is 30.3 Å². The fraction of sp³-hybridized carbons (Fsp3) is 0.947. The maximum atomic E-state index is 13.1. The van der Waals surface area contributed by atoms with Gasteiger partial charge in [0.05, 0.1) is 25.4 Å². The lowest BCUT2D eigenvalue weighted by molar-refractivity contribution is -0.302. The summed E-state index contributed by atoms with van der Waals surface area (Å²) in [6, 6.07) is -0.800. The zero-order valence-electron chi connectivity index (χ0n) is 43.5. The topological polar surface area (TPSA) is 149 Å². The van der Waals surface area contributed by atoms with Gasteiger partial charge in [-0.3, -0.25) is 4.79 Å². The third-order valence-corrected chi connectivity index (χ3v) is 14.1. The summed E-state index contributed by atoms with van der Waals surface area (Å²) in [4.78, 5) is 13.1. The third-order valence-electron chi connectivity index (χ3n) is 14.1. The van der Waals surface area contributed by atoms with Crippen LogP contribution >= 0.6 is 0 Å². The van der Waals surface area contributed by atoms with Crippen LogP contribution in [-0.2, 0) is 14.3 Å². The molecule has 1 aliphatic heterocycles. The molecule has 1 amide bonds. The van der Waals surface area contributed by atoms with Crippen molar-refractivity contribution in [1.82, 2.24) is 5.32 Å². The van der Waals surface area contributed by atoms with Crippen LogP contribution in [0.4, 0.5) is 0 Å². The molecule has 9 heteroatoms. The highest BCUT2D eigenvalue weighted by atomic mass is 16.7. The summed E-state index contributed by atoms with van der Waals surface area (Å²) in [6.07, 6.45) is 51.3. The molecular formula is C57H111NO8. The first-order valence-electron chi connectivity index (χ1n) is 28.9. The molecule has 0 aromatic carbocycles. The molecule has 1 aliphatic rings. The molecule has 6 N–H and O–H groups in total. The average Bonchev–Trinajstić information content (AvgIpc) is 3.32. The fourth-order valence-corrected chi connectivity index (χ4v) is 9.51. The minimum atomic E-state index is -1.56. The summed E-state index contributed by atoms with van der Waals surface area (Å²) in [5, 5.41) is 54.5. The van der Waals surface area contributed by atoms with Gasteiger partial charge in [0.25, 0.3) is 0 Å².